The van der Waals surface area contributed by atoms with Crippen LogP contribution >= 0.6 is 11.6 Å². The summed E-state index contributed by atoms with van der Waals surface area (Å²) in [4.78, 5) is 16.8. The number of nitrogens with one attached hydrogen (secondary N) is 1. The van der Waals surface area contributed by atoms with Crippen molar-refractivity contribution in [3.05, 3.63) is 70.2 Å². The van der Waals surface area contributed by atoms with Crippen molar-refractivity contribution in [2.45, 2.75) is 20.4 Å². The third-order valence-corrected chi connectivity index (χ3v) is 3.85. The van der Waals surface area contributed by atoms with Gasteiger partial charge in [-0.2, -0.15) is 0 Å². The Morgan fingerprint density at radius 3 is 2.71 bits per heavy atom. The molecule has 2 heterocycles. The van der Waals surface area contributed by atoms with Crippen LogP contribution in [0.1, 0.15) is 27.5 Å². The highest BCUT2D eigenvalue weighted by atomic mass is 35.5. The zero-order valence-corrected chi connectivity index (χ0v) is 14.1. The second kappa shape index (κ2) is 6.84. The summed E-state index contributed by atoms with van der Waals surface area (Å²) in [5.41, 5.74) is 3.50. The van der Waals surface area contributed by atoms with E-state index in [1.165, 1.54) is 0 Å². The molecule has 0 radical (unpaired) electrons. The van der Waals surface area contributed by atoms with Crippen molar-refractivity contribution in [2.24, 2.45) is 0 Å². The van der Waals surface area contributed by atoms with E-state index in [2.05, 4.69) is 15.5 Å². The van der Waals surface area contributed by atoms with Crippen LogP contribution in [0.2, 0.25) is 5.02 Å². The maximum absolute atomic E-state index is 12.3. The fourth-order valence-electron chi connectivity index (χ4n) is 2.47. The lowest BCUT2D eigenvalue weighted by atomic mass is 10.1. The molecule has 0 aliphatic heterocycles. The van der Waals surface area contributed by atoms with Crippen molar-refractivity contribution in [1.29, 1.82) is 0 Å². The summed E-state index contributed by atoms with van der Waals surface area (Å²) >= 11 is 5.94. The smallest absolute Gasteiger partial charge is 0.270 e. The van der Waals surface area contributed by atoms with E-state index in [1.54, 1.807) is 18.2 Å². The first kappa shape index (κ1) is 16.2. The van der Waals surface area contributed by atoms with E-state index >= 15 is 0 Å². The van der Waals surface area contributed by atoms with E-state index in [4.69, 9.17) is 16.1 Å². The molecule has 0 atom stereocenters. The third kappa shape index (κ3) is 3.46. The molecule has 0 fully saturated rings. The number of nitrogens with zero attached hydrogens (tertiary/aromatic N) is 2. The van der Waals surface area contributed by atoms with Crippen LogP contribution in [0.5, 0.6) is 0 Å². The molecule has 0 aliphatic rings. The average Bonchev–Trinajstić information content (AvgIpc) is 2.91. The number of benzene rings is 1. The minimum atomic E-state index is -0.247. The van der Waals surface area contributed by atoms with E-state index < -0.39 is 0 Å². The second-order valence-corrected chi connectivity index (χ2v) is 5.86. The quantitative estimate of drug-likeness (QED) is 0.780. The predicted octanol–water partition coefficient (Wildman–Crippen LogP) is 3.94. The van der Waals surface area contributed by atoms with Crippen molar-refractivity contribution in [2.75, 3.05) is 0 Å². The Balaban J connectivity index is 1.77. The minimum Gasteiger partial charge on any atom is -0.361 e. The summed E-state index contributed by atoms with van der Waals surface area (Å²) in [5, 5.41) is 7.41. The van der Waals surface area contributed by atoms with E-state index in [-0.39, 0.29) is 5.91 Å². The van der Waals surface area contributed by atoms with Crippen LogP contribution in [0.3, 0.4) is 0 Å². The van der Waals surface area contributed by atoms with Crippen LogP contribution < -0.4 is 5.32 Å². The topological polar surface area (TPSA) is 68.0 Å². The number of halogens is 1. The number of rotatable bonds is 4. The molecule has 0 aliphatic carbocycles. The summed E-state index contributed by atoms with van der Waals surface area (Å²) in [6.45, 7) is 4.05. The lowest BCUT2D eigenvalue weighted by Crippen LogP contribution is -2.23. The molecule has 1 N–H and O–H groups in total. The molecule has 3 rings (SSSR count). The minimum absolute atomic E-state index is 0.247. The van der Waals surface area contributed by atoms with Crippen LogP contribution in [-0.4, -0.2) is 16.0 Å². The van der Waals surface area contributed by atoms with E-state index in [1.807, 2.05) is 38.1 Å². The Morgan fingerprint density at radius 1 is 1.21 bits per heavy atom. The molecule has 1 amide bonds. The number of carbonyl (C=O) groups is 1. The molecule has 0 unspecified atom stereocenters. The van der Waals surface area contributed by atoms with Crippen LogP contribution in [0.4, 0.5) is 0 Å². The standard InChI is InChI=1S/C18H16ClN3O2/c1-11-17(12(2)24-22-11)15-7-4-8-16(21-15)18(23)20-10-13-5-3-6-14(19)9-13/h3-9H,10H2,1-2H3,(H,20,23). The second-order valence-electron chi connectivity index (χ2n) is 5.42. The SMILES string of the molecule is Cc1noc(C)c1-c1cccc(C(=O)NCc2cccc(Cl)c2)n1. The van der Waals surface area contributed by atoms with Crippen LogP contribution in [0.15, 0.2) is 47.0 Å². The lowest BCUT2D eigenvalue weighted by Gasteiger charge is -2.07. The molecule has 3 aromatic rings. The molecule has 24 heavy (non-hydrogen) atoms. The third-order valence-electron chi connectivity index (χ3n) is 3.61. The van der Waals surface area contributed by atoms with Crippen molar-refractivity contribution < 1.29 is 9.32 Å². The first-order chi connectivity index (χ1) is 11.5. The highest BCUT2D eigenvalue weighted by molar-refractivity contribution is 6.30. The van der Waals surface area contributed by atoms with Gasteiger partial charge in [-0.3, -0.25) is 4.79 Å². The average molecular weight is 342 g/mol. The molecular weight excluding hydrogens is 326 g/mol. The number of hydrogen-bond donors (Lipinski definition) is 1. The number of hydrogen-bond acceptors (Lipinski definition) is 4. The Labute approximate surface area is 144 Å². The first-order valence-corrected chi connectivity index (χ1v) is 7.85. The van der Waals surface area contributed by atoms with Crippen LogP contribution in [0, 0.1) is 13.8 Å². The lowest BCUT2D eigenvalue weighted by molar-refractivity contribution is 0.0946. The zero-order valence-electron chi connectivity index (χ0n) is 13.3. The summed E-state index contributed by atoms with van der Waals surface area (Å²) in [6.07, 6.45) is 0. The van der Waals surface area contributed by atoms with Gasteiger partial charge in [0.25, 0.3) is 5.91 Å². The maximum Gasteiger partial charge on any atom is 0.270 e. The Hall–Kier alpha value is -2.66. The fraction of sp³-hybridized carbons (Fsp3) is 0.167. The molecule has 5 nitrogen and oxygen atoms in total. The van der Waals surface area contributed by atoms with Crippen molar-refractivity contribution >= 4 is 17.5 Å². The predicted molar refractivity (Wildman–Crippen MR) is 91.8 cm³/mol. The molecule has 2 aromatic heterocycles. The van der Waals surface area contributed by atoms with Crippen molar-refractivity contribution in [1.82, 2.24) is 15.5 Å². The number of aromatic nitrogens is 2. The Bertz CT molecular complexity index is 870. The van der Waals surface area contributed by atoms with Gasteiger partial charge in [-0.25, -0.2) is 4.98 Å². The van der Waals surface area contributed by atoms with Gasteiger partial charge in [0.05, 0.1) is 17.0 Å². The van der Waals surface area contributed by atoms with Gasteiger partial charge in [0.1, 0.15) is 11.5 Å². The molecule has 122 valence electrons. The highest BCUT2D eigenvalue weighted by Crippen LogP contribution is 2.25. The van der Waals surface area contributed by atoms with E-state index in [0.29, 0.717) is 28.7 Å². The van der Waals surface area contributed by atoms with Gasteiger partial charge < -0.3 is 9.84 Å². The number of pyridine rings is 1. The molecule has 0 saturated carbocycles. The van der Waals surface area contributed by atoms with Gasteiger partial charge in [0, 0.05) is 11.6 Å². The van der Waals surface area contributed by atoms with E-state index in [0.717, 1.165) is 16.8 Å². The normalized spacial score (nSPS) is 10.6. The number of carbonyl (C=O) groups excluding carboxylic acids is 1. The summed E-state index contributed by atoms with van der Waals surface area (Å²) < 4.78 is 5.16. The number of aryl methyl sites for hydroxylation is 2. The van der Waals surface area contributed by atoms with Crippen LogP contribution in [0.25, 0.3) is 11.3 Å². The Morgan fingerprint density at radius 2 is 2.00 bits per heavy atom. The fourth-order valence-corrected chi connectivity index (χ4v) is 2.68. The summed E-state index contributed by atoms with van der Waals surface area (Å²) in [5.74, 6) is 0.431. The summed E-state index contributed by atoms with van der Waals surface area (Å²) in [7, 11) is 0. The molecule has 0 bridgehead atoms. The zero-order chi connectivity index (χ0) is 17.1. The van der Waals surface area contributed by atoms with Gasteiger partial charge in [-0.1, -0.05) is 35.0 Å². The van der Waals surface area contributed by atoms with Gasteiger partial charge >= 0.3 is 0 Å². The van der Waals surface area contributed by atoms with Gasteiger partial charge in [-0.15, -0.1) is 0 Å². The highest BCUT2D eigenvalue weighted by Gasteiger charge is 2.15. The molecule has 6 heteroatoms. The van der Waals surface area contributed by atoms with Crippen molar-refractivity contribution in [3.8, 4) is 11.3 Å². The Kier molecular flexibility index (Phi) is 4.62. The number of amides is 1. The van der Waals surface area contributed by atoms with Crippen molar-refractivity contribution in [3.63, 3.8) is 0 Å². The molecule has 0 saturated heterocycles. The van der Waals surface area contributed by atoms with E-state index in [9.17, 15) is 4.79 Å². The maximum atomic E-state index is 12.3. The molecular formula is C18H16ClN3O2. The molecule has 0 spiro atoms. The van der Waals surface area contributed by atoms with Gasteiger partial charge in [0.15, 0.2) is 0 Å². The molecule has 1 aromatic carbocycles. The van der Waals surface area contributed by atoms with Gasteiger partial charge in [-0.05, 0) is 43.7 Å². The largest absolute Gasteiger partial charge is 0.361 e. The monoisotopic (exact) mass is 341 g/mol. The van der Waals surface area contributed by atoms with Crippen LogP contribution in [-0.2, 0) is 6.54 Å². The summed E-state index contributed by atoms with van der Waals surface area (Å²) in [6, 6.07) is 12.7. The van der Waals surface area contributed by atoms with Gasteiger partial charge in [0.2, 0.25) is 0 Å². The first-order valence-electron chi connectivity index (χ1n) is 7.47.